The van der Waals surface area contributed by atoms with Crippen LogP contribution >= 0.6 is 0 Å². The zero-order valence-corrected chi connectivity index (χ0v) is 6.56. The fourth-order valence-corrected chi connectivity index (χ4v) is 0.777. The van der Waals surface area contributed by atoms with E-state index in [0.717, 1.165) is 0 Å². The smallest absolute Gasteiger partial charge is 0.0351 e. The van der Waals surface area contributed by atoms with Crippen molar-refractivity contribution in [1.29, 1.82) is 0 Å². The highest BCUT2D eigenvalue weighted by atomic mass is 13.9. The van der Waals surface area contributed by atoms with E-state index < -0.39 is 0 Å². The lowest BCUT2D eigenvalue weighted by atomic mass is 10.1. The summed E-state index contributed by atoms with van der Waals surface area (Å²) in [6.07, 6.45) is 11.8. The second-order valence-corrected chi connectivity index (χ2v) is 2.26. The van der Waals surface area contributed by atoms with Gasteiger partial charge in [-0.1, -0.05) is 31.9 Å². The standard InChI is InChI=1S/C9H17/c1-3-5-7-9-8-6-4-2/h3-5H,6-9H2,1-2H3/b5-3+. The van der Waals surface area contributed by atoms with Gasteiger partial charge in [0.25, 0.3) is 0 Å². The van der Waals surface area contributed by atoms with Crippen molar-refractivity contribution in [2.75, 3.05) is 0 Å². The van der Waals surface area contributed by atoms with Crippen molar-refractivity contribution in [1.82, 2.24) is 0 Å². The fourth-order valence-electron chi connectivity index (χ4n) is 0.777. The Balaban J connectivity index is 2.75. The van der Waals surface area contributed by atoms with Crippen LogP contribution in [0.1, 0.15) is 39.5 Å². The zero-order valence-electron chi connectivity index (χ0n) is 6.56. The van der Waals surface area contributed by atoms with Gasteiger partial charge in [0.1, 0.15) is 0 Å². The van der Waals surface area contributed by atoms with Crippen LogP contribution in [0.15, 0.2) is 12.2 Å². The van der Waals surface area contributed by atoms with Crippen LogP contribution in [0.25, 0.3) is 0 Å². The third-order valence-corrected chi connectivity index (χ3v) is 1.35. The first kappa shape index (κ1) is 8.74. The lowest BCUT2D eigenvalue weighted by Gasteiger charge is -1.92. The quantitative estimate of drug-likeness (QED) is 0.390. The van der Waals surface area contributed by atoms with Crippen molar-refractivity contribution in [3.63, 3.8) is 0 Å². The van der Waals surface area contributed by atoms with E-state index >= 15 is 0 Å². The van der Waals surface area contributed by atoms with Crippen LogP contribution in [0.3, 0.4) is 0 Å². The van der Waals surface area contributed by atoms with Gasteiger partial charge in [-0.05, 0) is 26.2 Å². The summed E-state index contributed by atoms with van der Waals surface area (Å²) in [7, 11) is 0. The average Bonchev–Trinajstić information content (AvgIpc) is 1.89. The molecule has 0 heterocycles. The summed E-state index contributed by atoms with van der Waals surface area (Å²) in [6.45, 7) is 4.20. The average molecular weight is 125 g/mol. The summed E-state index contributed by atoms with van der Waals surface area (Å²) < 4.78 is 0. The summed E-state index contributed by atoms with van der Waals surface area (Å²) in [5, 5.41) is 0. The molecule has 0 unspecified atom stereocenters. The Morgan fingerprint density at radius 3 is 2.22 bits per heavy atom. The van der Waals surface area contributed by atoms with Crippen molar-refractivity contribution in [3.8, 4) is 0 Å². The number of unbranched alkanes of at least 4 members (excludes halogenated alkanes) is 4. The van der Waals surface area contributed by atoms with Crippen LogP contribution in [-0.4, -0.2) is 0 Å². The Morgan fingerprint density at radius 2 is 1.67 bits per heavy atom. The molecule has 0 saturated heterocycles. The Labute approximate surface area is 59.0 Å². The van der Waals surface area contributed by atoms with E-state index in [4.69, 9.17) is 0 Å². The van der Waals surface area contributed by atoms with Crippen molar-refractivity contribution in [2.24, 2.45) is 0 Å². The fraction of sp³-hybridized carbons (Fsp3) is 0.667. The van der Waals surface area contributed by atoms with Crippen LogP contribution in [0, 0.1) is 6.42 Å². The van der Waals surface area contributed by atoms with Gasteiger partial charge in [0.2, 0.25) is 0 Å². The maximum atomic E-state index is 2.23. The Kier molecular flexibility index (Phi) is 7.52. The highest BCUT2D eigenvalue weighted by Crippen LogP contribution is 2.01. The van der Waals surface area contributed by atoms with Crippen molar-refractivity contribution in [2.45, 2.75) is 39.5 Å². The Morgan fingerprint density at radius 1 is 1.00 bits per heavy atom. The van der Waals surface area contributed by atoms with Crippen LogP contribution in [0.5, 0.6) is 0 Å². The van der Waals surface area contributed by atoms with E-state index in [1.807, 2.05) is 0 Å². The van der Waals surface area contributed by atoms with Gasteiger partial charge in [-0.2, -0.15) is 0 Å². The third-order valence-electron chi connectivity index (χ3n) is 1.35. The van der Waals surface area contributed by atoms with E-state index in [2.05, 4.69) is 32.4 Å². The molecule has 9 heavy (non-hydrogen) atoms. The molecule has 0 aromatic heterocycles. The molecule has 0 spiro atoms. The lowest BCUT2D eigenvalue weighted by molar-refractivity contribution is 0.739. The van der Waals surface area contributed by atoms with E-state index in [1.54, 1.807) is 0 Å². The predicted octanol–water partition coefficient (Wildman–Crippen LogP) is 3.35. The molecule has 0 aliphatic rings. The molecule has 0 aromatic carbocycles. The number of rotatable bonds is 5. The molecule has 0 N–H and O–H groups in total. The molecule has 0 heteroatoms. The monoisotopic (exact) mass is 125 g/mol. The molecule has 53 valence electrons. The van der Waals surface area contributed by atoms with Gasteiger partial charge in [-0.15, -0.1) is 0 Å². The van der Waals surface area contributed by atoms with E-state index in [1.165, 1.54) is 25.7 Å². The summed E-state index contributed by atoms with van der Waals surface area (Å²) in [5.74, 6) is 0. The van der Waals surface area contributed by atoms with Gasteiger partial charge in [0, 0.05) is 0 Å². The predicted molar refractivity (Wildman–Crippen MR) is 43.3 cm³/mol. The van der Waals surface area contributed by atoms with Crippen LogP contribution < -0.4 is 0 Å². The van der Waals surface area contributed by atoms with Crippen LogP contribution in [0.4, 0.5) is 0 Å². The minimum Gasteiger partial charge on any atom is -0.0917 e. The molecule has 0 rings (SSSR count). The summed E-state index contributed by atoms with van der Waals surface area (Å²) in [5.41, 5.74) is 0. The second kappa shape index (κ2) is 7.74. The third kappa shape index (κ3) is 7.74. The minimum absolute atomic E-state index is 1.25. The second-order valence-electron chi connectivity index (χ2n) is 2.26. The molecule has 0 aliphatic heterocycles. The molecular formula is C9H17. The van der Waals surface area contributed by atoms with Gasteiger partial charge in [0.05, 0.1) is 0 Å². The van der Waals surface area contributed by atoms with Crippen LogP contribution in [-0.2, 0) is 0 Å². The maximum absolute atomic E-state index is 2.23. The van der Waals surface area contributed by atoms with Gasteiger partial charge in [-0.3, -0.25) is 0 Å². The highest BCUT2D eigenvalue weighted by molar-refractivity contribution is 4.76. The Bertz CT molecular complexity index is 62.4. The minimum atomic E-state index is 1.25. The number of hydrogen-bond donors (Lipinski definition) is 0. The van der Waals surface area contributed by atoms with Crippen molar-refractivity contribution >= 4 is 0 Å². The topological polar surface area (TPSA) is 0 Å². The lowest BCUT2D eigenvalue weighted by Crippen LogP contribution is -1.73. The SMILES string of the molecule is C[CH]CCCC/C=C/C. The molecule has 1 radical (unpaired) electrons. The molecule has 0 aliphatic carbocycles. The molecule has 0 atom stereocenters. The Hall–Kier alpha value is -0.260. The summed E-state index contributed by atoms with van der Waals surface area (Å²) in [6, 6.07) is 0. The van der Waals surface area contributed by atoms with Crippen molar-refractivity contribution in [3.05, 3.63) is 18.6 Å². The van der Waals surface area contributed by atoms with Crippen LogP contribution in [0.2, 0.25) is 0 Å². The molecule has 0 nitrogen and oxygen atoms in total. The molecule has 0 amide bonds. The van der Waals surface area contributed by atoms with Gasteiger partial charge < -0.3 is 0 Å². The van der Waals surface area contributed by atoms with E-state index in [-0.39, 0.29) is 0 Å². The largest absolute Gasteiger partial charge is 0.0917 e. The molecule has 0 fully saturated rings. The highest BCUT2D eigenvalue weighted by Gasteiger charge is 1.82. The molecular weight excluding hydrogens is 108 g/mol. The molecule has 0 bridgehead atoms. The maximum Gasteiger partial charge on any atom is -0.0351 e. The number of allylic oxidation sites excluding steroid dienone is 2. The first-order valence-electron chi connectivity index (χ1n) is 3.80. The van der Waals surface area contributed by atoms with E-state index in [0.29, 0.717) is 0 Å². The van der Waals surface area contributed by atoms with Crippen molar-refractivity contribution < 1.29 is 0 Å². The summed E-state index contributed by atoms with van der Waals surface area (Å²) >= 11 is 0. The van der Waals surface area contributed by atoms with Gasteiger partial charge in [-0.25, -0.2) is 0 Å². The zero-order chi connectivity index (χ0) is 6.95. The first-order valence-corrected chi connectivity index (χ1v) is 3.80. The van der Waals surface area contributed by atoms with E-state index in [9.17, 15) is 0 Å². The molecule has 0 aromatic rings. The molecule has 0 saturated carbocycles. The first-order chi connectivity index (χ1) is 4.41. The van der Waals surface area contributed by atoms with Gasteiger partial charge >= 0.3 is 0 Å². The summed E-state index contributed by atoms with van der Waals surface area (Å²) in [4.78, 5) is 0. The normalized spacial score (nSPS) is 10.9. The number of hydrogen-bond acceptors (Lipinski definition) is 0. The van der Waals surface area contributed by atoms with Gasteiger partial charge in [0.15, 0.2) is 0 Å².